The van der Waals surface area contributed by atoms with Crippen molar-refractivity contribution in [3.05, 3.63) is 29.8 Å². The number of anilines is 1. The first kappa shape index (κ1) is 7.43. The summed E-state index contributed by atoms with van der Waals surface area (Å²) in [4.78, 5) is 3.26. The van der Waals surface area contributed by atoms with E-state index in [1.54, 1.807) is 12.1 Å². The maximum Gasteiger partial charge on any atom is 0.257 e. The van der Waals surface area contributed by atoms with Gasteiger partial charge in [-0.25, -0.2) is 4.85 Å². The van der Waals surface area contributed by atoms with Gasteiger partial charge in [-0.1, -0.05) is 0 Å². The highest BCUT2D eigenvalue weighted by Gasteiger charge is 2.13. The molecule has 2 heterocycles. The maximum atomic E-state index is 6.89. The van der Waals surface area contributed by atoms with Gasteiger partial charge in [0.05, 0.1) is 12.8 Å². The summed E-state index contributed by atoms with van der Waals surface area (Å²) >= 11 is 0. The van der Waals surface area contributed by atoms with E-state index in [0.717, 1.165) is 0 Å². The van der Waals surface area contributed by atoms with E-state index in [1.807, 2.05) is 0 Å². The summed E-state index contributed by atoms with van der Waals surface area (Å²) < 4.78 is 5.11. The molecule has 5 heteroatoms. The molecule has 0 radical (unpaired) electrons. The average Bonchev–Trinajstić information content (AvgIpc) is 2.71. The fourth-order valence-electron chi connectivity index (χ4n) is 1.06. The summed E-state index contributed by atoms with van der Waals surface area (Å²) in [5.41, 5.74) is 6.29. The van der Waals surface area contributed by atoms with E-state index in [2.05, 4.69) is 15.0 Å². The third kappa shape index (κ3) is 1.05. The summed E-state index contributed by atoms with van der Waals surface area (Å²) in [7, 11) is 0. The van der Waals surface area contributed by atoms with Gasteiger partial charge >= 0.3 is 0 Å². The van der Waals surface area contributed by atoms with Crippen LogP contribution < -0.4 is 5.73 Å². The van der Waals surface area contributed by atoms with Crippen molar-refractivity contribution in [3.8, 4) is 11.5 Å². The normalized spacial score (nSPS) is 9.77. The van der Waals surface area contributed by atoms with Crippen molar-refractivity contribution in [2.24, 2.45) is 0 Å². The van der Waals surface area contributed by atoms with E-state index in [0.29, 0.717) is 17.1 Å². The number of aromatic nitrogens is 2. The van der Waals surface area contributed by atoms with Gasteiger partial charge in [0.25, 0.3) is 5.69 Å². The van der Waals surface area contributed by atoms with Gasteiger partial charge in [-0.05, 0) is 12.1 Å². The molecule has 0 aliphatic rings. The minimum Gasteiger partial charge on any atom is -0.464 e. The van der Waals surface area contributed by atoms with Crippen molar-refractivity contribution in [2.75, 3.05) is 5.73 Å². The standard InChI is InChI=1S/C8H6N4O/c1-10-7-6(11-12-8(7)9)5-3-2-4-13-5/h2-4H,(H3,9,11,12). The summed E-state index contributed by atoms with van der Waals surface area (Å²) in [5, 5.41) is 6.37. The smallest absolute Gasteiger partial charge is 0.257 e. The molecule has 0 spiro atoms. The molecule has 2 aromatic heterocycles. The molecule has 5 nitrogen and oxygen atoms in total. The first-order chi connectivity index (χ1) is 6.33. The second kappa shape index (κ2) is 2.68. The van der Waals surface area contributed by atoms with Crippen molar-refractivity contribution in [1.82, 2.24) is 10.2 Å². The Balaban J connectivity index is 2.60. The largest absolute Gasteiger partial charge is 0.464 e. The van der Waals surface area contributed by atoms with Crippen LogP contribution in [0.2, 0.25) is 0 Å². The fourth-order valence-corrected chi connectivity index (χ4v) is 1.06. The lowest BCUT2D eigenvalue weighted by Crippen LogP contribution is -1.82. The second-order valence-electron chi connectivity index (χ2n) is 2.42. The Labute approximate surface area is 74.0 Å². The van der Waals surface area contributed by atoms with Gasteiger partial charge in [0, 0.05) is 0 Å². The zero-order chi connectivity index (χ0) is 9.26. The Kier molecular flexibility index (Phi) is 1.53. The van der Waals surface area contributed by atoms with E-state index in [1.165, 1.54) is 6.26 Å². The topological polar surface area (TPSA) is 72.2 Å². The minimum atomic E-state index is 0.196. The fraction of sp³-hybridized carbons (Fsp3) is 0. The molecule has 64 valence electrons. The van der Waals surface area contributed by atoms with Crippen LogP contribution in [0.4, 0.5) is 11.5 Å². The predicted molar refractivity (Wildman–Crippen MR) is 47.0 cm³/mol. The average molecular weight is 174 g/mol. The Bertz CT molecular complexity index is 449. The molecule has 0 fully saturated rings. The summed E-state index contributed by atoms with van der Waals surface area (Å²) in [6, 6.07) is 3.47. The molecule has 0 aromatic carbocycles. The van der Waals surface area contributed by atoms with Gasteiger partial charge in [0.15, 0.2) is 5.82 Å². The van der Waals surface area contributed by atoms with Crippen LogP contribution >= 0.6 is 0 Å². The zero-order valence-corrected chi connectivity index (χ0v) is 6.61. The lowest BCUT2D eigenvalue weighted by Gasteiger charge is -1.90. The maximum absolute atomic E-state index is 6.89. The number of nitrogens with one attached hydrogen (secondary N) is 1. The number of H-pyrrole nitrogens is 1. The van der Waals surface area contributed by atoms with Gasteiger partial charge in [-0.15, -0.1) is 0 Å². The van der Waals surface area contributed by atoms with E-state index < -0.39 is 0 Å². The third-order valence-electron chi connectivity index (χ3n) is 1.65. The van der Waals surface area contributed by atoms with Gasteiger partial charge in [-0.2, -0.15) is 5.10 Å². The van der Waals surface area contributed by atoms with Crippen LogP contribution in [0.3, 0.4) is 0 Å². The molecule has 2 aromatic rings. The van der Waals surface area contributed by atoms with Crippen molar-refractivity contribution in [2.45, 2.75) is 0 Å². The number of hydrogen-bond acceptors (Lipinski definition) is 3. The van der Waals surface area contributed by atoms with Crippen LogP contribution in [0.25, 0.3) is 16.3 Å². The molecule has 0 bridgehead atoms. The van der Waals surface area contributed by atoms with Crippen molar-refractivity contribution >= 4 is 11.5 Å². The molecule has 0 saturated heterocycles. The number of rotatable bonds is 1. The molecule has 0 saturated carbocycles. The lowest BCUT2D eigenvalue weighted by atomic mass is 10.3. The first-order valence-corrected chi connectivity index (χ1v) is 3.58. The monoisotopic (exact) mass is 174 g/mol. The Hall–Kier alpha value is -2.22. The van der Waals surface area contributed by atoms with E-state index >= 15 is 0 Å². The molecule has 13 heavy (non-hydrogen) atoms. The molecule has 3 N–H and O–H groups in total. The summed E-state index contributed by atoms with van der Waals surface area (Å²) in [6.07, 6.45) is 1.53. The van der Waals surface area contributed by atoms with Crippen LogP contribution in [-0.4, -0.2) is 10.2 Å². The number of nitrogen functional groups attached to an aromatic ring is 1. The quantitative estimate of drug-likeness (QED) is 0.647. The molecule has 0 aliphatic carbocycles. The Morgan fingerprint density at radius 1 is 1.62 bits per heavy atom. The molecule has 0 atom stereocenters. The zero-order valence-electron chi connectivity index (χ0n) is 6.61. The SMILES string of the molecule is [C-]#[N+]c1c(N)n[nH]c1-c1ccco1. The molecule has 0 unspecified atom stereocenters. The van der Waals surface area contributed by atoms with Crippen LogP contribution in [0.15, 0.2) is 22.8 Å². The number of furan rings is 1. The van der Waals surface area contributed by atoms with E-state index in [4.69, 9.17) is 16.7 Å². The molecular weight excluding hydrogens is 168 g/mol. The van der Waals surface area contributed by atoms with Crippen molar-refractivity contribution in [3.63, 3.8) is 0 Å². The third-order valence-corrected chi connectivity index (χ3v) is 1.65. The van der Waals surface area contributed by atoms with Crippen molar-refractivity contribution < 1.29 is 4.42 Å². The second-order valence-corrected chi connectivity index (χ2v) is 2.42. The van der Waals surface area contributed by atoms with Gasteiger partial charge < -0.3 is 10.2 Å². The highest BCUT2D eigenvalue weighted by atomic mass is 16.3. The van der Waals surface area contributed by atoms with Gasteiger partial charge in [0.1, 0.15) is 11.5 Å². The minimum absolute atomic E-state index is 0.196. The Morgan fingerprint density at radius 2 is 2.46 bits per heavy atom. The number of nitrogens with zero attached hydrogens (tertiary/aromatic N) is 2. The van der Waals surface area contributed by atoms with Crippen LogP contribution in [0.5, 0.6) is 0 Å². The van der Waals surface area contributed by atoms with E-state index in [9.17, 15) is 0 Å². The first-order valence-electron chi connectivity index (χ1n) is 3.58. The van der Waals surface area contributed by atoms with Crippen LogP contribution in [0.1, 0.15) is 0 Å². The summed E-state index contributed by atoms with van der Waals surface area (Å²) in [5.74, 6) is 0.761. The molecule has 0 aliphatic heterocycles. The predicted octanol–water partition coefficient (Wildman–Crippen LogP) is 1.80. The number of nitrogens with two attached hydrogens (primary N) is 1. The lowest BCUT2D eigenvalue weighted by molar-refractivity contribution is 0.580. The number of hydrogen-bond donors (Lipinski definition) is 2. The van der Waals surface area contributed by atoms with Gasteiger partial charge in [-0.3, -0.25) is 5.10 Å². The van der Waals surface area contributed by atoms with Gasteiger partial charge in [0.2, 0.25) is 0 Å². The van der Waals surface area contributed by atoms with Crippen LogP contribution in [0, 0.1) is 6.57 Å². The van der Waals surface area contributed by atoms with E-state index in [-0.39, 0.29) is 5.82 Å². The molecule has 2 rings (SSSR count). The Morgan fingerprint density at radius 3 is 3.08 bits per heavy atom. The molecular formula is C8H6N4O. The highest BCUT2D eigenvalue weighted by molar-refractivity contribution is 5.80. The number of aromatic amines is 1. The highest BCUT2D eigenvalue weighted by Crippen LogP contribution is 2.32. The summed E-state index contributed by atoms with van der Waals surface area (Å²) in [6.45, 7) is 6.89. The molecule has 0 amide bonds. The van der Waals surface area contributed by atoms with Crippen LogP contribution in [-0.2, 0) is 0 Å². The van der Waals surface area contributed by atoms with Crippen molar-refractivity contribution in [1.29, 1.82) is 0 Å².